The number of aliphatic hydroxyl groups is 2. The van der Waals surface area contributed by atoms with Crippen molar-refractivity contribution < 1.29 is 28.1 Å². The van der Waals surface area contributed by atoms with Crippen LogP contribution in [0.15, 0.2) is 24.3 Å². The number of hydrogen-bond donors (Lipinski definition) is 3. The highest BCUT2D eigenvalue weighted by molar-refractivity contribution is 5.26. The van der Waals surface area contributed by atoms with E-state index in [4.69, 9.17) is 4.74 Å². The Labute approximate surface area is 107 Å². The van der Waals surface area contributed by atoms with Crippen molar-refractivity contribution in [3.63, 3.8) is 0 Å². The minimum Gasteiger partial charge on any atom is -0.394 e. The lowest BCUT2D eigenvalue weighted by Crippen LogP contribution is -2.49. The topological polar surface area (TPSA) is 61.7 Å². The Hall–Kier alpha value is -1.15. The normalized spacial score (nSPS) is 22.7. The van der Waals surface area contributed by atoms with Crippen molar-refractivity contribution in [2.45, 2.75) is 17.9 Å². The average molecular weight is 277 g/mol. The highest BCUT2D eigenvalue weighted by Crippen LogP contribution is 2.31. The lowest BCUT2D eigenvalue weighted by Gasteiger charge is -2.23. The molecular weight excluding hydrogens is 263 g/mol. The molecule has 0 radical (unpaired) electrons. The second-order valence-electron chi connectivity index (χ2n) is 4.55. The maximum atomic E-state index is 12.4. The minimum atomic E-state index is -4.37. The van der Waals surface area contributed by atoms with E-state index in [1.807, 2.05) is 0 Å². The molecule has 1 saturated heterocycles. The predicted octanol–water partition coefficient (Wildman–Crippen LogP) is 1.05. The summed E-state index contributed by atoms with van der Waals surface area (Å²) in [6.07, 6.45) is -5.01. The van der Waals surface area contributed by atoms with Gasteiger partial charge in [0, 0.05) is 0 Å². The van der Waals surface area contributed by atoms with Crippen molar-refractivity contribution in [1.29, 1.82) is 0 Å². The molecule has 0 aliphatic carbocycles. The molecule has 1 aliphatic rings. The predicted molar refractivity (Wildman–Crippen MR) is 60.2 cm³/mol. The standard InChI is InChI=1S/C12H14F3NO3/c13-12(14,15)9-3-1-8(2-4-9)10-16-11(5-17,6-18)7-19-10/h1-4,10,16-18H,5-7H2. The van der Waals surface area contributed by atoms with Crippen LogP contribution in [0.4, 0.5) is 13.2 Å². The summed E-state index contributed by atoms with van der Waals surface area (Å²) in [5.41, 5.74) is -1.17. The van der Waals surface area contributed by atoms with E-state index in [-0.39, 0.29) is 19.8 Å². The van der Waals surface area contributed by atoms with Gasteiger partial charge in [0.15, 0.2) is 0 Å². The summed E-state index contributed by atoms with van der Waals surface area (Å²) in [7, 11) is 0. The molecule has 0 aromatic heterocycles. The molecule has 0 spiro atoms. The molecule has 19 heavy (non-hydrogen) atoms. The Kier molecular flexibility index (Phi) is 3.82. The van der Waals surface area contributed by atoms with Gasteiger partial charge >= 0.3 is 6.18 Å². The lowest BCUT2D eigenvalue weighted by molar-refractivity contribution is -0.137. The van der Waals surface area contributed by atoms with Crippen LogP contribution < -0.4 is 5.32 Å². The maximum absolute atomic E-state index is 12.4. The van der Waals surface area contributed by atoms with Gasteiger partial charge in [-0.05, 0) is 17.7 Å². The van der Waals surface area contributed by atoms with Gasteiger partial charge in [-0.2, -0.15) is 13.2 Å². The third-order valence-electron chi connectivity index (χ3n) is 3.11. The summed E-state index contributed by atoms with van der Waals surface area (Å²) >= 11 is 0. The fourth-order valence-electron chi connectivity index (χ4n) is 1.86. The molecule has 1 fully saturated rings. The largest absolute Gasteiger partial charge is 0.416 e. The van der Waals surface area contributed by atoms with Crippen molar-refractivity contribution in [2.75, 3.05) is 19.8 Å². The van der Waals surface area contributed by atoms with Gasteiger partial charge in [-0.1, -0.05) is 12.1 Å². The fraction of sp³-hybridized carbons (Fsp3) is 0.500. The SMILES string of the molecule is OCC1(CO)COC(c2ccc(C(F)(F)F)cc2)N1. The quantitative estimate of drug-likeness (QED) is 0.773. The number of ether oxygens (including phenoxy) is 1. The zero-order valence-electron chi connectivity index (χ0n) is 9.94. The molecule has 3 N–H and O–H groups in total. The molecule has 1 aliphatic heterocycles. The maximum Gasteiger partial charge on any atom is 0.416 e. The van der Waals surface area contributed by atoms with Gasteiger partial charge < -0.3 is 14.9 Å². The number of benzene rings is 1. The second-order valence-corrected chi connectivity index (χ2v) is 4.55. The highest BCUT2D eigenvalue weighted by Gasteiger charge is 2.39. The third-order valence-corrected chi connectivity index (χ3v) is 3.11. The molecule has 0 saturated carbocycles. The van der Waals surface area contributed by atoms with Crippen LogP contribution in [0.3, 0.4) is 0 Å². The Bertz CT molecular complexity index is 429. The second kappa shape index (κ2) is 5.09. The number of aliphatic hydroxyl groups excluding tert-OH is 2. The van der Waals surface area contributed by atoms with Crippen molar-refractivity contribution in [1.82, 2.24) is 5.32 Å². The van der Waals surface area contributed by atoms with Crippen molar-refractivity contribution in [3.8, 4) is 0 Å². The Balaban J connectivity index is 2.12. The first-order valence-electron chi connectivity index (χ1n) is 5.68. The van der Waals surface area contributed by atoms with Gasteiger partial charge in [-0.15, -0.1) is 0 Å². The first-order valence-corrected chi connectivity index (χ1v) is 5.68. The van der Waals surface area contributed by atoms with Gasteiger partial charge in [0.05, 0.1) is 30.9 Å². The molecule has 0 amide bonds. The number of rotatable bonds is 3. The number of nitrogens with one attached hydrogen (secondary N) is 1. The van der Waals surface area contributed by atoms with E-state index in [9.17, 15) is 23.4 Å². The van der Waals surface area contributed by atoms with Crippen LogP contribution in [0.5, 0.6) is 0 Å². The number of alkyl halides is 3. The van der Waals surface area contributed by atoms with Crippen LogP contribution in [0.2, 0.25) is 0 Å². The van der Waals surface area contributed by atoms with Crippen LogP contribution in [-0.2, 0) is 10.9 Å². The monoisotopic (exact) mass is 277 g/mol. The Morgan fingerprint density at radius 1 is 1.21 bits per heavy atom. The summed E-state index contributed by atoms with van der Waals surface area (Å²) in [5.74, 6) is 0. The molecule has 0 bridgehead atoms. The van der Waals surface area contributed by atoms with Crippen LogP contribution in [0, 0.1) is 0 Å². The van der Waals surface area contributed by atoms with E-state index >= 15 is 0 Å². The van der Waals surface area contributed by atoms with E-state index in [0.29, 0.717) is 5.56 Å². The first kappa shape index (κ1) is 14.3. The van der Waals surface area contributed by atoms with Gasteiger partial charge in [-0.25, -0.2) is 0 Å². The summed E-state index contributed by atoms with van der Waals surface area (Å²) in [6.45, 7) is -0.549. The zero-order valence-corrected chi connectivity index (χ0v) is 9.94. The smallest absolute Gasteiger partial charge is 0.394 e. The molecule has 2 rings (SSSR count). The Morgan fingerprint density at radius 2 is 1.79 bits per heavy atom. The van der Waals surface area contributed by atoms with Gasteiger partial charge in [-0.3, -0.25) is 5.32 Å². The minimum absolute atomic E-state index is 0.0890. The van der Waals surface area contributed by atoms with Crippen molar-refractivity contribution >= 4 is 0 Å². The van der Waals surface area contributed by atoms with Crippen molar-refractivity contribution in [3.05, 3.63) is 35.4 Å². The summed E-state index contributed by atoms with van der Waals surface area (Å²) in [4.78, 5) is 0. The van der Waals surface area contributed by atoms with E-state index in [1.54, 1.807) is 0 Å². The van der Waals surface area contributed by atoms with Crippen LogP contribution in [0.1, 0.15) is 17.4 Å². The first-order chi connectivity index (χ1) is 8.90. The van der Waals surface area contributed by atoms with Gasteiger partial charge in [0.25, 0.3) is 0 Å². The molecule has 7 heteroatoms. The van der Waals surface area contributed by atoms with E-state index < -0.39 is 23.5 Å². The van der Waals surface area contributed by atoms with Gasteiger partial charge in [0.1, 0.15) is 6.23 Å². The molecule has 1 aromatic carbocycles. The fourth-order valence-corrected chi connectivity index (χ4v) is 1.86. The molecule has 106 valence electrons. The molecule has 4 nitrogen and oxygen atoms in total. The summed E-state index contributed by atoms with van der Waals surface area (Å²) in [6, 6.07) is 4.56. The van der Waals surface area contributed by atoms with Crippen LogP contribution in [-0.4, -0.2) is 35.6 Å². The highest BCUT2D eigenvalue weighted by atomic mass is 19.4. The molecule has 1 heterocycles. The zero-order chi connectivity index (χ0) is 14.1. The van der Waals surface area contributed by atoms with E-state index in [1.165, 1.54) is 12.1 Å². The molecule has 1 unspecified atom stereocenters. The average Bonchev–Trinajstić information content (AvgIpc) is 2.83. The third kappa shape index (κ3) is 2.89. The van der Waals surface area contributed by atoms with Crippen molar-refractivity contribution in [2.24, 2.45) is 0 Å². The Morgan fingerprint density at radius 3 is 2.21 bits per heavy atom. The lowest BCUT2D eigenvalue weighted by atomic mass is 10.0. The van der Waals surface area contributed by atoms with Crippen LogP contribution in [0.25, 0.3) is 0 Å². The summed E-state index contributed by atoms with van der Waals surface area (Å²) < 4.78 is 42.6. The molecule has 1 aromatic rings. The van der Waals surface area contributed by atoms with E-state index in [2.05, 4.69) is 5.32 Å². The van der Waals surface area contributed by atoms with Gasteiger partial charge in [0.2, 0.25) is 0 Å². The number of halogens is 3. The summed E-state index contributed by atoms with van der Waals surface area (Å²) in [5, 5.41) is 21.2. The molecular formula is C12H14F3NO3. The number of hydrogen-bond acceptors (Lipinski definition) is 4. The van der Waals surface area contributed by atoms with Crippen LogP contribution >= 0.6 is 0 Å². The molecule has 1 atom stereocenters. The van der Waals surface area contributed by atoms with E-state index in [0.717, 1.165) is 12.1 Å².